The fraction of sp³-hybridized carbons (Fsp3) is 0.474. The van der Waals surface area contributed by atoms with Crippen molar-refractivity contribution in [1.82, 2.24) is 25.1 Å². The van der Waals surface area contributed by atoms with Gasteiger partial charge in [0.2, 0.25) is 5.89 Å². The Morgan fingerprint density at radius 3 is 3.08 bits per heavy atom. The molecule has 4 rings (SSSR count). The number of piperidine rings is 1. The van der Waals surface area contributed by atoms with Gasteiger partial charge in [-0.15, -0.1) is 10.2 Å². The summed E-state index contributed by atoms with van der Waals surface area (Å²) in [5, 5.41) is 7.88. The third-order valence-electron chi connectivity index (χ3n) is 4.84. The van der Waals surface area contributed by atoms with Gasteiger partial charge in [-0.1, -0.05) is 19.1 Å². The van der Waals surface area contributed by atoms with Gasteiger partial charge in [0.25, 0.3) is 0 Å². The molecule has 1 aliphatic heterocycles. The minimum atomic E-state index is -0.158. The van der Waals surface area contributed by atoms with Crippen molar-refractivity contribution in [3.63, 3.8) is 0 Å². The number of amides is 1. The van der Waals surface area contributed by atoms with Crippen LogP contribution in [-0.2, 0) is 12.8 Å². The Balaban J connectivity index is 1.42. The summed E-state index contributed by atoms with van der Waals surface area (Å²) in [4.78, 5) is 22.5. The van der Waals surface area contributed by atoms with E-state index in [1.165, 1.54) is 0 Å². The van der Waals surface area contributed by atoms with E-state index in [-0.39, 0.29) is 11.8 Å². The molecule has 1 N–H and O–H groups in total. The summed E-state index contributed by atoms with van der Waals surface area (Å²) >= 11 is 0. The Morgan fingerprint density at radius 1 is 1.35 bits per heavy atom. The summed E-state index contributed by atoms with van der Waals surface area (Å²) in [5.41, 5.74) is 2.04. The summed E-state index contributed by atoms with van der Waals surface area (Å²) in [6.07, 6.45) is 4.52. The lowest BCUT2D eigenvalue weighted by Gasteiger charge is -2.31. The number of carbonyl (C=O) groups is 1. The number of fused-ring (bicyclic) bond motifs is 1. The van der Waals surface area contributed by atoms with E-state index < -0.39 is 0 Å². The highest BCUT2D eigenvalue weighted by molar-refractivity contribution is 5.89. The second-order valence-electron chi connectivity index (χ2n) is 6.92. The lowest BCUT2D eigenvalue weighted by atomic mass is 9.94. The average molecular weight is 353 g/mol. The highest BCUT2D eigenvalue weighted by Gasteiger charge is 2.28. The molecule has 0 bridgehead atoms. The van der Waals surface area contributed by atoms with Crippen LogP contribution in [0.4, 0.5) is 0 Å². The molecule has 136 valence electrons. The maximum absolute atomic E-state index is 12.7. The zero-order chi connectivity index (χ0) is 17.9. The van der Waals surface area contributed by atoms with E-state index >= 15 is 0 Å². The van der Waals surface area contributed by atoms with Crippen molar-refractivity contribution in [3.05, 3.63) is 41.9 Å². The molecule has 0 saturated carbocycles. The summed E-state index contributed by atoms with van der Waals surface area (Å²) in [6, 6.07) is 8.04. The molecule has 0 aliphatic carbocycles. The van der Waals surface area contributed by atoms with Gasteiger partial charge >= 0.3 is 11.8 Å². The van der Waals surface area contributed by atoms with Gasteiger partial charge in [0, 0.05) is 25.9 Å². The molecule has 7 nitrogen and oxygen atoms in total. The monoisotopic (exact) mass is 353 g/mol. The van der Waals surface area contributed by atoms with E-state index in [0.29, 0.717) is 24.8 Å². The Bertz CT molecular complexity index is 867. The number of aryl methyl sites for hydroxylation is 1. The predicted molar refractivity (Wildman–Crippen MR) is 96.7 cm³/mol. The Morgan fingerprint density at radius 2 is 2.23 bits per heavy atom. The van der Waals surface area contributed by atoms with E-state index in [2.05, 4.69) is 20.2 Å². The molecule has 2 aromatic heterocycles. The van der Waals surface area contributed by atoms with E-state index in [4.69, 9.17) is 4.42 Å². The first-order valence-corrected chi connectivity index (χ1v) is 9.28. The van der Waals surface area contributed by atoms with Gasteiger partial charge < -0.3 is 14.3 Å². The largest absolute Gasteiger partial charge is 0.417 e. The van der Waals surface area contributed by atoms with Crippen LogP contribution in [0.5, 0.6) is 0 Å². The van der Waals surface area contributed by atoms with Gasteiger partial charge in [0.15, 0.2) is 0 Å². The van der Waals surface area contributed by atoms with Crippen LogP contribution in [0, 0.1) is 5.92 Å². The average Bonchev–Trinajstić information content (AvgIpc) is 3.28. The van der Waals surface area contributed by atoms with Crippen LogP contribution in [0.1, 0.15) is 48.6 Å². The van der Waals surface area contributed by atoms with Crippen LogP contribution in [0.15, 0.2) is 28.7 Å². The normalized spacial score (nSPS) is 17.7. The molecule has 1 saturated heterocycles. The van der Waals surface area contributed by atoms with Crippen LogP contribution >= 0.6 is 0 Å². The van der Waals surface area contributed by atoms with Crippen LogP contribution in [0.3, 0.4) is 0 Å². The number of imidazole rings is 1. The number of H-pyrrole nitrogens is 1. The fourth-order valence-electron chi connectivity index (χ4n) is 3.58. The number of nitrogens with one attached hydrogen (secondary N) is 1. The number of carbonyl (C=O) groups excluding carboxylic acids is 1. The quantitative estimate of drug-likeness (QED) is 0.762. The standard InChI is InChI=1S/C19H23N5O2/c1-2-6-17-22-23-18(26-17)19(25)24-10-5-7-13(12-24)11-16-20-14-8-3-4-9-15(14)21-16/h3-4,8-9,13H,2,5-7,10-12H2,1H3,(H,20,21)/t13-/m1/s1. The molecule has 0 radical (unpaired) electrons. The summed E-state index contributed by atoms with van der Waals surface area (Å²) in [6.45, 7) is 3.47. The number of rotatable bonds is 5. The Labute approximate surface area is 151 Å². The first kappa shape index (κ1) is 16.8. The van der Waals surface area contributed by atoms with Crippen LogP contribution < -0.4 is 0 Å². The Kier molecular flexibility index (Phi) is 4.69. The third-order valence-corrected chi connectivity index (χ3v) is 4.84. The number of nitrogens with zero attached hydrogens (tertiary/aromatic N) is 4. The van der Waals surface area contributed by atoms with E-state index in [1.807, 2.05) is 36.1 Å². The Hall–Kier alpha value is -2.70. The molecule has 3 aromatic rings. The van der Waals surface area contributed by atoms with Gasteiger partial charge in [-0.2, -0.15) is 0 Å². The third kappa shape index (κ3) is 3.47. The molecule has 1 fully saturated rings. The zero-order valence-electron chi connectivity index (χ0n) is 14.9. The van der Waals surface area contributed by atoms with Crippen molar-refractivity contribution < 1.29 is 9.21 Å². The first-order chi connectivity index (χ1) is 12.7. The van der Waals surface area contributed by atoms with E-state index in [1.54, 1.807) is 0 Å². The highest BCUT2D eigenvalue weighted by Crippen LogP contribution is 2.22. The van der Waals surface area contributed by atoms with Crippen molar-refractivity contribution in [3.8, 4) is 0 Å². The summed E-state index contributed by atoms with van der Waals surface area (Å²) < 4.78 is 5.50. The molecular weight excluding hydrogens is 330 g/mol. The fourth-order valence-corrected chi connectivity index (χ4v) is 3.58. The number of para-hydroxylation sites is 2. The second-order valence-corrected chi connectivity index (χ2v) is 6.92. The van der Waals surface area contributed by atoms with Crippen LogP contribution in [-0.4, -0.2) is 44.1 Å². The van der Waals surface area contributed by atoms with Crippen molar-refractivity contribution in [2.24, 2.45) is 5.92 Å². The molecule has 26 heavy (non-hydrogen) atoms. The number of aromatic amines is 1. The van der Waals surface area contributed by atoms with Crippen molar-refractivity contribution in [1.29, 1.82) is 0 Å². The SMILES string of the molecule is CCCc1nnc(C(=O)N2CCC[C@H](Cc3nc4ccccc4[nH]3)C2)o1. The van der Waals surface area contributed by atoms with Gasteiger partial charge in [-0.3, -0.25) is 4.79 Å². The number of benzene rings is 1. The number of likely N-dealkylation sites (tertiary alicyclic amines) is 1. The maximum atomic E-state index is 12.7. The zero-order valence-corrected chi connectivity index (χ0v) is 14.9. The van der Waals surface area contributed by atoms with Crippen molar-refractivity contribution >= 4 is 16.9 Å². The minimum absolute atomic E-state index is 0.109. The lowest BCUT2D eigenvalue weighted by molar-refractivity contribution is 0.0630. The first-order valence-electron chi connectivity index (χ1n) is 9.28. The van der Waals surface area contributed by atoms with Crippen LogP contribution in [0.25, 0.3) is 11.0 Å². The molecule has 1 atom stereocenters. The minimum Gasteiger partial charge on any atom is -0.417 e. The topological polar surface area (TPSA) is 87.9 Å². The van der Waals surface area contributed by atoms with Gasteiger partial charge in [-0.05, 0) is 37.3 Å². The van der Waals surface area contributed by atoms with Gasteiger partial charge in [0.1, 0.15) is 5.82 Å². The van der Waals surface area contributed by atoms with Crippen LogP contribution in [0.2, 0.25) is 0 Å². The lowest BCUT2D eigenvalue weighted by Crippen LogP contribution is -2.40. The summed E-state index contributed by atoms with van der Waals surface area (Å²) in [7, 11) is 0. The number of aromatic nitrogens is 4. The molecule has 3 heterocycles. The molecule has 1 aliphatic rings. The van der Waals surface area contributed by atoms with Gasteiger partial charge in [-0.25, -0.2) is 4.98 Å². The highest BCUT2D eigenvalue weighted by atomic mass is 16.4. The smallest absolute Gasteiger partial charge is 0.311 e. The van der Waals surface area contributed by atoms with E-state index in [9.17, 15) is 4.79 Å². The molecule has 0 spiro atoms. The van der Waals surface area contributed by atoms with E-state index in [0.717, 1.165) is 49.1 Å². The number of hydrogen-bond acceptors (Lipinski definition) is 5. The maximum Gasteiger partial charge on any atom is 0.311 e. The van der Waals surface area contributed by atoms with Crippen molar-refractivity contribution in [2.45, 2.75) is 39.0 Å². The molecular formula is C19H23N5O2. The van der Waals surface area contributed by atoms with Crippen molar-refractivity contribution in [2.75, 3.05) is 13.1 Å². The molecule has 7 heteroatoms. The molecule has 1 amide bonds. The molecule has 1 aromatic carbocycles. The summed E-state index contributed by atoms with van der Waals surface area (Å²) in [5.74, 6) is 1.85. The second kappa shape index (κ2) is 7.27. The number of hydrogen-bond donors (Lipinski definition) is 1. The predicted octanol–water partition coefficient (Wildman–Crippen LogP) is 2.99. The molecule has 0 unspecified atom stereocenters. The van der Waals surface area contributed by atoms with Gasteiger partial charge in [0.05, 0.1) is 11.0 Å².